The average molecular weight is 299 g/mol. The van der Waals surface area contributed by atoms with Gasteiger partial charge in [-0.05, 0) is 36.4 Å². The van der Waals surface area contributed by atoms with Gasteiger partial charge in [-0.15, -0.1) is 0 Å². The van der Waals surface area contributed by atoms with Gasteiger partial charge in [-0.1, -0.05) is 6.07 Å². The van der Waals surface area contributed by atoms with Crippen LogP contribution in [0.2, 0.25) is 0 Å². The second-order valence-electron chi connectivity index (χ2n) is 3.91. The minimum atomic E-state index is -3.99. The number of rotatable bonds is 4. The van der Waals surface area contributed by atoms with Crippen molar-refractivity contribution in [1.82, 2.24) is 0 Å². The summed E-state index contributed by atoms with van der Waals surface area (Å²) in [6.07, 6.45) is 0. The molecule has 7 heteroatoms. The lowest BCUT2D eigenvalue weighted by atomic mass is 10.3. The summed E-state index contributed by atoms with van der Waals surface area (Å²) >= 11 is 0. The average Bonchev–Trinajstić information content (AvgIpc) is 2.38. The Hall–Kier alpha value is -2.15. The van der Waals surface area contributed by atoms with Crippen LogP contribution in [0.25, 0.3) is 0 Å². The summed E-state index contributed by atoms with van der Waals surface area (Å²) in [5.41, 5.74) is 0.0567. The van der Waals surface area contributed by atoms with E-state index in [0.29, 0.717) is 0 Å². The van der Waals surface area contributed by atoms with Gasteiger partial charge in [0.25, 0.3) is 10.0 Å². The smallest absolute Gasteiger partial charge is 0.262 e. The van der Waals surface area contributed by atoms with Gasteiger partial charge < -0.3 is 4.74 Å². The monoisotopic (exact) mass is 299 g/mol. The van der Waals surface area contributed by atoms with Gasteiger partial charge >= 0.3 is 0 Å². The summed E-state index contributed by atoms with van der Waals surface area (Å²) in [7, 11) is -2.71. The Morgan fingerprint density at radius 3 is 2.45 bits per heavy atom. The molecule has 1 N–H and O–H groups in total. The number of ether oxygens (including phenoxy) is 1. The van der Waals surface area contributed by atoms with Crippen LogP contribution in [0.1, 0.15) is 0 Å². The second kappa shape index (κ2) is 5.46. The van der Waals surface area contributed by atoms with E-state index in [4.69, 9.17) is 4.74 Å². The van der Waals surface area contributed by atoms with Gasteiger partial charge in [0.2, 0.25) is 0 Å². The topological polar surface area (TPSA) is 55.4 Å². The van der Waals surface area contributed by atoms with E-state index in [1.807, 2.05) is 0 Å². The number of anilines is 1. The van der Waals surface area contributed by atoms with Crippen LogP contribution in [0.15, 0.2) is 47.4 Å². The van der Waals surface area contributed by atoms with Crippen LogP contribution in [-0.4, -0.2) is 15.5 Å². The quantitative estimate of drug-likeness (QED) is 0.944. The zero-order chi connectivity index (χ0) is 14.8. The summed E-state index contributed by atoms with van der Waals surface area (Å²) in [5.74, 6) is -1.43. The largest absolute Gasteiger partial charge is 0.494 e. The molecule has 0 aromatic heterocycles. The van der Waals surface area contributed by atoms with Gasteiger partial charge in [-0.2, -0.15) is 0 Å². The maximum atomic E-state index is 13.5. The van der Waals surface area contributed by atoms with Crippen molar-refractivity contribution >= 4 is 15.7 Å². The minimum Gasteiger partial charge on any atom is -0.494 e. The molecule has 0 saturated carbocycles. The lowest BCUT2D eigenvalue weighted by Gasteiger charge is -2.09. The molecule has 2 aromatic rings. The Morgan fingerprint density at radius 1 is 1.10 bits per heavy atom. The molecule has 0 heterocycles. The first-order chi connectivity index (χ1) is 9.42. The van der Waals surface area contributed by atoms with E-state index in [-0.39, 0.29) is 16.3 Å². The fraction of sp³-hybridized carbons (Fsp3) is 0.0769. The van der Waals surface area contributed by atoms with E-state index in [1.54, 1.807) is 0 Å². The molecule has 20 heavy (non-hydrogen) atoms. The van der Waals surface area contributed by atoms with Crippen molar-refractivity contribution in [3.63, 3.8) is 0 Å². The van der Waals surface area contributed by atoms with E-state index in [9.17, 15) is 17.2 Å². The van der Waals surface area contributed by atoms with Crippen LogP contribution >= 0.6 is 0 Å². The molecule has 0 atom stereocenters. The number of halogens is 2. The first-order valence-corrected chi connectivity index (χ1v) is 7.02. The third-order valence-electron chi connectivity index (χ3n) is 2.51. The lowest BCUT2D eigenvalue weighted by molar-refractivity contribution is 0.385. The SMILES string of the molecule is COc1ccc(S(=O)(=O)Nc2cccc(F)c2)cc1F. The highest BCUT2D eigenvalue weighted by atomic mass is 32.2. The molecule has 0 amide bonds. The van der Waals surface area contributed by atoms with Crippen molar-refractivity contribution in [3.05, 3.63) is 54.1 Å². The minimum absolute atomic E-state index is 0.0567. The summed E-state index contributed by atoms with van der Waals surface area (Å²) in [6, 6.07) is 8.20. The maximum absolute atomic E-state index is 13.5. The number of hydrogen-bond donors (Lipinski definition) is 1. The Balaban J connectivity index is 2.33. The zero-order valence-electron chi connectivity index (χ0n) is 10.4. The van der Waals surface area contributed by atoms with Crippen LogP contribution in [-0.2, 0) is 10.0 Å². The molecule has 0 aliphatic carbocycles. The van der Waals surface area contributed by atoms with Crippen LogP contribution in [0.3, 0.4) is 0 Å². The molecule has 0 saturated heterocycles. The molecule has 0 aliphatic heterocycles. The molecular formula is C13H11F2NO3S. The van der Waals surface area contributed by atoms with E-state index in [0.717, 1.165) is 12.1 Å². The van der Waals surface area contributed by atoms with Gasteiger partial charge in [0.05, 0.1) is 17.7 Å². The fourth-order valence-electron chi connectivity index (χ4n) is 1.58. The molecular weight excluding hydrogens is 288 g/mol. The normalized spacial score (nSPS) is 11.2. The van der Waals surface area contributed by atoms with Gasteiger partial charge in [0, 0.05) is 0 Å². The molecule has 0 spiro atoms. The molecule has 0 bridgehead atoms. The van der Waals surface area contributed by atoms with Crippen molar-refractivity contribution in [1.29, 1.82) is 0 Å². The number of sulfonamides is 1. The predicted molar refractivity (Wildman–Crippen MR) is 70.2 cm³/mol. The van der Waals surface area contributed by atoms with Crippen molar-refractivity contribution in [2.75, 3.05) is 11.8 Å². The van der Waals surface area contributed by atoms with Crippen LogP contribution < -0.4 is 9.46 Å². The third kappa shape index (κ3) is 3.05. The lowest BCUT2D eigenvalue weighted by Crippen LogP contribution is -2.13. The first kappa shape index (κ1) is 14.3. The molecule has 0 aliphatic rings. The predicted octanol–water partition coefficient (Wildman–Crippen LogP) is 2.77. The molecule has 2 aromatic carbocycles. The molecule has 106 valence electrons. The number of nitrogens with one attached hydrogen (secondary N) is 1. The third-order valence-corrected chi connectivity index (χ3v) is 3.89. The Kier molecular flexibility index (Phi) is 3.89. The van der Waals surface area contributed by atoms with Gasteiger partial charge in [0.15, 0.2) is 11.6 Å². The molecule has 2 rings (SSSR count). The summed E-state index contributed by atoms with van der Waals surface area (Å²) in [5, 5.41) is 0. The highest BCUT2D eigenvalue weighted by Crippen LogP contribution is 2.22. The van der Waals surface area contributed by atoms with Crippen molar-refractivity contribution < 1.29 is 21.9 Å². The van der Waals surface area contributed by atoms with Gasteiger partial charge in [-0.25, -0.2) is 17.2 Å². The molecule has 0 unspecified atom stereocenters. The van der Waals surface area contributed by atoms with Gasteiger partial charge in [0.1, 0.15) is 5.82 Å². The number of hydrogen-bond acceptors (Lipinski definition) is 3. The molecule has 4 nitrogen and oxygen atoms in total. The zero-order valence-corrected chi connectivity index (χ0v) is 11.2. The fourth-order valence-corrected chi connectivity index (χ4v) is 2.64. The highest BCUT2D eigenvalue weighted by Gasteiger charge is 2.17. The van der Waals surface area contributed by atoms with Crippen LogP contribution in [0, 0.1) is 11.6 Å². The van der Waals surface area contributed by atoms with E-state index in [1.165, 1.54) is 37.4 Å². The summed E-state index contributed by atoms with van der Waals surface area (Å²) in [6.45, 7) is 0. The van der Waals surface area contributed by atoms with E-state index in [2.05, 4.69) is 4.72 Å². The number of benzene rings is 2. The van der Waals surface area contributed by atoms with Crippen LogP contribution in [0.5, 0.6) is 5.75 Å². The molecule has 0 radical (unpaired) electrons. The van der Waals surface area contributed by atoms with E-state index >= 15 is 0 Å². The van der Waals surface area contributed by atoms with Crippen molar-refractivity contribution in [2.45, 2.75) is 4.90 Å². The highest BCUT2D eigenvalue weighted by molar-refractivity contribution is 7.92. The van der Waals surface area contributed by atoms with Crippen LogP contribution in [0.4, 0.5) is 14.5 Å². The first-order valence-electron chi connectivity index (χ1n) is 5.54. The van der Waals surface area contributed by atoms with Crippen molar-refractivity contribution in [3.8, 4) is 5.75 Å². The second-order valence-corrected chi connectivity index (χ2v) is 5.59. The molecule has 0 fully saturated rings. The number of methoxy groups -OCH3 is 1. The van der Waals surface area contributed by atoms with Gasteiger partial charge in [-0.3, -0.25) is 4.72 Å². The standard InChI is InChI=1S/C13H11F2NO3S/c1-19-13-6-5-11(8-12(13)15)20(17,18)16-10-4-2-3-9(14)7-10/h2-8,16H,1H3. The summed E-state index contributed by atoms with van der Waals surface area (Å²) < 4.78 is 57.4. The van der Waals surface area contributed by atoms with E-state index < -0.39 is 21.7 Å². The van der Waals surface area contributed by atoms with Crippen molar-refractivity contribution in [2.24, 2.45) is 0 Å². The Bertz CT molecular complexity index is 732. The Labute approximate surface area is 115 Å². The maximum Gasteiger partial charge on any atom is 0.262 e. The Morgan fingerprint density at radius 2 is 1.85 bits per heavy atom. The summed E-state index contributed by atoms with van der Waals surface area (Å²) in [4.78, 5) is -0.278.